The van der Waals surface area contributed by atoms with Gasteiger partial charge < -0.3 is 15.2 Å². The predicted molar refractivity (Wildman–Crippen MR) is 182 cm³/mol. The molecule has 0 amide bonds. The Morgan fingerprint density at radius 2 is 1.41 bits per heavy atom. The summed E-state index contributed by atoms with van der Waals surface area (Å²) in [5.74, 6) is 1.15. The van der Waals surface area contributed by atoms with Crippen molar-refractivity contribution in [2.45, 2.75) is 138 Å². The Hall–Kier alpha value is -1.58. The monoisotopic (exact) mass is 777 g/mol. The van der Waals surface area contributed by atoms with Crippen LogP contribution in [0.15, 0.2) is 42.6 Å². The third-order valence-electron chi connectivity index (χ3n) is 11.7. The van der Waals surface area contributed by atoms with E-state index in [2.05, 4.69) is 103 Å². The first-order valence-electron chi connectivity index (χ1n) is 17.3. The van der Waals surface area contributed by atoms with Crippen molar-refractivity contribution in [1.29, 1.82) is 0 Å². The molecule has 2 fully saturated rings. The molecule has 1 heterocycles. The molecule has 0 saturated heterocycles. The molecule has 2 aromatic carbocycles. The van der Waals surface area contributed by atoms with Crippen LogP contribution in [-0.2, 0) is 20.1 Å². The van der Waals surface area contributed by atoms with E-state index < -0.39 is 0 Å². The van der Waals surface area contributed by atoms with E-state index in [1.165, 1.54) is 47.6 Å². The van der Waals surface area contributed by atoms with Gasteiger partial charge in [-0.3, -0.25) is 0 Å². The summed E-state index contributed by atoms with van der Waals surface area (Å²) in [7, 11) is 0. The molecule has 2 saturated carbocycles. The quantitative estimate of drug-likeness (QED) is 0.245. The van der Waals surface area contributed by atoms with Gasteiger partial charge in [-0.15, -0.1) is 34.9 Å². The van der Waals surface area contributed by atoms with Crippen LogP contribution in [0.2, 0.25) is 0 Å². The third kappa shape index (κ3) is 7.52. The van der Waals surface area contributed by atoms with Gasteiger partial charge in [-0.25, -0.2) is 0 Å². The van der Waals surface area contributed by atoms with Crippen molar-refractivity contribution in [3.63, 3.8) is 0 Å². The summed E-state index contributed by atoms with van der Waals surface area (Å²) in [6.07, 6.45) is 12.5. The molecule has 0 bridgehead atoms. The number of hydrogen-bond acceptors (Lipinski definition) is 3. The number of pyridine rings is 1. The number of rotatable bonds is 6. The Labute approximate surface area is 282 Å². The smallest absolute Gasteiger partial charge is 0.0651 e. The number of aliphatic hydroxyl groups is 2. The van der Waals surface area contributed by atoms with Gasteiger partial charge >= 0.3 is 0 Å². The van der Waals surface area contributed by atoms with E-state index in [0.717, 1.165) is 55.3 Å². The number of aryl methyl sites for hydroxylation is 2. The molecule has 245 valence electrons. The zero-order chi connectivity index (χ0) is 31.4. The normalized spacial score (nSPS) is 24.3. The summed E-state index contributed by atoms with van der Waals surface area (Å²) in [6, 6.07) is 16.5. The van der Waals surface area contributed by atoms with Gasteiger partial charge in [-0.1, -0.05) is 86.4 Å². The maximum Gasteiger partial charge on any atom is 0.0651 e. The summed E-state index contributed by atoms with van der Waals surface area (Å²) in [4.78, 5) is 4.60. The fraction of sp³-hybridized carbons (Fsp3) is 0.625. The minimum absolute atomic E-state index is 0. The van der Waals surface area contributed by atoms with Crippen LogP contribution < -0.4 is 0 Å². The summed E-state index contributed by atoms with van der Waals surface area (Å²) < 4.78 is 0. The molecule has 1 aromatic heterocycles. The van der Waals surface area contributed by atoms with Gasteiger partial charge in [0.25, 0.3) is 0 Å². The molecule has 2 aliphatic rings. The minimum Gasteiger partial charge on any atom is -0.392 e. The molecule has 0 aliphatic heterocycles. The van der Waals surface area contributed by atoms with Crippen molar-refractivity contribution in [1.82, 2.24) is 4.98 Å². The van der Waals surface area contributed by atoms with Gasteiger partial charge in [-0.2, -0.15) is 0 Å². The van der Waals surface area contributed by atoms with Crippen LogP contribution in [0.25, 0.3) is 22.0 Å². The van der Waals surface area contributed by atoms with Gasteiger partial charge in [0.05, 0.1) is 12.2 Å². The fourth-order valence-corrected chi connectivity index (χ4v) is 8.60. The summed E-state index contributed by atoms with van der Waals surface area (Å²) in [5.41, 5.74) is 5.92. The average Bonchev–Trinajstić information content (AvgIpc) is 3.23. The van der Waals surface area contributed by atoms with Crippen LogP contribution >= 0.6 is 0 Å². The fourth-order valence-electron chi connectivity index (χ4n) is 8.60. The maximum atomic E-state index is 11.4. The van der Waals surface area contributed by atoms with E-state index in [1.807, 2.05) is 6.20 Å². The maximum absolute atomic E-state index is 11.4. The average molecular weight is 777 g/mol. The molecule has 0 spiro atoms. The Kier molecular flexibility index (Phi) is 13.3. The molecule has 4 heteroatoms. The van der Waals surface area contributed by atoms with E-state index >= 15 is 0 Å². The second kappa shape index (κ2) is 15.8. The molecule has 44 heavy (non-hydrogen) atoms. The van der Waals surface area contributed by atoms with Crippen LogP contribution in [0.3, 0.4) is 0 Å². The van der Waals surface area contributed by atoms with Gasteiger partial charge in [0.2, 0.25) is 0 Å². The van der Waals surface area contributed by atoms with Crippen LogP contribution in [0.4, 0.5) is 0 Å². The zero-order valence-electron chi connectivity index (χ0n) is 28.7. The standard InChI is InChI=1S/C20H20N.C20H38O2.Ir/c1-13(2)16-5-6-19-17(12-16)7-8-21-20(19)18-10-14(3)9-15(4)11-18;1-5-19(6-2)13-9-11-15-12-10-14-20(7-3,8-4)18(22)16(15)17(19)21;/h5-10,12-13H,1-4H3;15-18,21-22H,5-14H2,1-4H3;/q-1;;. The summed E-state index contributed by atoms with van der Waals surface area (Å²) in [5, 5.41) is 25.2. The van der Waals surface area contributed by atoms with Crippen LogP contribution in [-0.4, -0.2) is 27.4 Å². The largest absolute Gasteiger partial charge is 0.392 e. The Morgan fingerprint density at radius 1 is 0.841 bits per heavy atom. The third-order valence-corrected chi connectivity index (χ3v) is 11.7. The second-order valence-electron chi connectivity index (χ2n) is 14.2. The molecular weight excluding hydrogens is 719 g/mol. The van der Waals surface area contributed by atoms with E-state index in [1.54, 1.807) is 0 Å². The first-order chi connectivity index (χ1) is 20.5. The van der Waals surface area contributed by atoms with Crippen molar-refractivity contribution < 1.29 is 30.3 Å². The van der Waals surface area contributed by atoms with Gasteiger partial charge in [0.1, 0.15) is 0 Å². The van der Waals surface area contributed by atoms with Gasteiger partial charge in [-0.05, 0) is 102 Å². The topological polar surface area (TPSA) is 53.4 Å². The molecule has 3 aromatic rings. The van der Waals surface area contributed by atoms with Crippen LogP contribution in [0, 0.1) is 42.6 Å². The summed E-state index contributed by atoms with van der Waals surface area (Å²) >= 11 is 0. The second-order valence-corrected chi connectivity index (χ2v) is 14.2. The number of aliphatic hydroxyl groups excluding tert-OH is 2. The van der Waals surface area contributed by atoms with E-state index in [0.29, 0.717) is 11.8 Å². The Bertz CT molecular complexity index is 1290. The molecular formula is C40H58IrNO2-. The van der Waals surface area contributed by atoms with E-state index in [-0.39, 0.29) is 49.1 Å². The van der Waals surface area contributed by atoms with Crippen molar-refractivity contribution in [3.05, 3.63) is 65.4 Å². The molecule has 2 unspecified atom stereocenters. The minimum atomic E-state index is -0.333. The SMILES string of the molecule is CCC1(CC)CCCC2CCCC(CC)(CC)C(O)C2C1O.Cc1[c-]c(-c2nccc3cc(C(C)C)ccc23)cc(C)c1.[Ir]. The van der Waals surface area contributed by atoms with E-state index in [9.17, 15) is 10.2 Å². The number of aromatic nitrogens is 1. The molecule has 1 radical (unpaired) electrons. The number of hydrogen-bond donors (Lipinski definition) is 2. The van der Waals surface area contributed by atoms with Crippen molar-refractivity contribution in [3.8, 4) is 11.3 Å². The van der Waals surface area contributed by atoms with E-state index in [4.69, 9.17) is 0 Å². The van der Waals surface area contributed by atoms with Crippen LogP contribution in [0.5, 0.6) is 0 Å². The van der Waals surface area contributed by atoms with Crippen molar-refractivity contribution >= 4 is 10.8 Å². The molecule has 3 nitrogen and oxygen atoms in total. The molecule has 5 rings (SSSR count). The van der Waals surface area contributed by atoms with Crippen LogP contribution in [0.1, 0.15) is 128 Å². The molecule has 2 N–H and O–H groups in total. The predicted octanol–water partition coefficient (Wildman–Crippen LogP) is 10.4. The van der Waals surface area contributed by atoms with Crippen molar-refractivity contribution in [2.24, 2.45) is 22.7 Å². The Balaban J connectivity index is 0.000000235. The first kappa shape index (κ1) is 36.9. The number of nitrogens with zero attached hydrogens (tertiary/aromatic N) is 1. The first-order valence-corrected chi connectivity index (χ1v) is 17.3. The Morgan fingerprint density at radius 3 is 1.91 bits per heavy atom. The number of fused-ring (bicyclic) bond motifs is 2. The molecule has 2 aliphatic carbocycles. The molecule has 2 atom stereocenters. The summed E-state index contributed by atoms with van der Waals surface area (Å²) in [6.45, 7) is 17.5. The van der Waals surface area contributed by atoms with Crippen molar-refractivity contribution in [2.75, 3.05) is 0 Å². The number of benzene rings is 2. The van der Waals surface area contributed by atoms with Gasteiger partial charge in [0, 0.05) is 32.2 Å². The zero-order valence-corrected chi connectivity index (χ0v) is 31.1. The van der Waals surface area contributed by atoms with Gasteiger partial charge in [0.15, 0.2) is 0 Å².